The number of benzene rings is 1. The van der Waals surface area contributed by atoms with E-state index < -0.39 is 0 Å². The van der Waals surface area contributed by atoms with Crippen molar-refractivity contribution in [1.29, 1.82) is 0 Å². The fraction of sp³-hybridized carbons (Fsp3) is 0.318. The van der Waals surface area contributed by atoms with Gasteiger partial charge in [-0.25, -0.2) is 0 Å². The van der Waals surface area contributed by atoms with Crippen LogP contribution >= 0.6 is 0 Å². The number of rotatable bonds is 3. The molecule has 0 saturated carbocycles. The predicted molar refractivity (Wildman–Crippen MR) is 109 cm³/mol. The van der Waals surface area contributed by atoms with Gasteiger partial charge in [0.25, 0.3) is 5.91 Å². The van der Waals surface area contributed by atoms with Crippen LogP contribution < -0.4 is 9.64 Å². The number of methoxy groups -OCH3 is 1. The molecule has 6 heteroatoms. The molecule has 28 heavy (non-hydrogen) atoms. The predicted octanol–water partition coefficient (Wildman–Crippen LogP) is 4.18. The summed E-state index contributed by atoms with van der Waals surface area (Å²) in [6.07, 6.45) is 3.66. The second kappa shape index (κ2) is 6.48. The van der Waals surface area contributed by atoms with Crippen molar-refractivity contribution in [3.63, 3.8) is 0 Å². The number of aromatic nitrogens is 3. The summed E-state index contributed by atoms with van der Waals surface area (Å²) in [4.78, 5) is 19.6. The molecule has 6 nitrogen and oxygen atoms in total. The van der Waals surface area contributed by atoms with Crippen molar-refractivity contribution >= 4 is 11.6 Å². The van der Waals surface area contributed by atoms with Crippen LogP contribution in [0.25, 0.3) is 11.3 Å². The lowest BCUT2D eigenvalue weighted by atomic mass is 10.0. The highest BCUT2D eigenvalue weighted by Crippen LogP contribution is 2.33. The van der Waals surface area contributed by atoms with E-state index in [-0.39, 0.29) is 11.4 Å². The molecule has 0 atom stereocenters. The topological polar surface area (TPSA) is 60.2 Å². The van der Waals surface area contributed by atoms with E-state index in [1.165, 1.54) is 0 Å². The van der Waals surface area contributed by atoms with Crippen molar-refractivity contribution in [2.75, 3.05) is 12.0 Å². The lowest BCUT2D eigenvalue weighted by molar-refractivity contribution is 0.0996. The summed E-state index contributed by atoms with van der Waals surface area (Å²) in [7, 11) is 1.65. The molecule has 1 amide bonds. The van der Waals surface area contributed by atoms with E-state index in [0.717, 1.165) is 34.0 Å². The third-order valence-electron chi connectivity index (χ3n) is 4.99. The number of hydrogen-bond acceptors (Lipinski definition) is 4. The lowest BCUT2D eigenvalue weighted by Gasteiger charge is -2.19. The smallest absolute Gasteiger partial charge is 0.260 e. The van der Waals surface area contributed by atoms with Gasteiger partial charge in [-0.05, 0) is 51.5 Å². The number of amides is 1. The van der Waals surface area contributed by atoms with Gasteiger partial charge in [0.1, 0.15) is 5.75 Å². The Morgan fingerprint density at radius 2 is 1.96 bits per heavy atom. The monoisotopic (exact) mass is 376 g/mol. The zero-order valence-electron chi connectivity index (χ0n) is 16.9. The molecule has 1 aromatic carbocycles. The van der Waals surface area contributed by atoms with Crippen molar-refractivity contribution < 1.29 is 9.53 Å². The highest BCUT2D eigenvalue weighted by atomic mass is 16.5. The molecule has 2 aromatic heterocycles. The zero-order chi connectivity index (χ0) is 20.1. The van der Waals surface area contributed by atoms with Gasteiger partial charge >= 0.3 is 0 Å². The van der Waals surface area contributed by atoms with Crippen LogP contribution in [0.1, 0.15) is 42.4 Å². The summed E-state index contributed by atoms with van der Waals surface area (Å²) >= 11 is 0. The average molecular weight is 376 g/mol. The number of fused-ring (bicyclic) bond motifs is 1. The fourth-order valence-corrected chi connectivity index (χ4v) is 3.46. The van der Waals surface area contributed by atoms with Gasteiger partial charge in [0.15, 0.2) is 0 Å². The Labute approximate surface area is 164 Å². The van der Waals surface area contributed by atoms with Crippen molar-refractivity contribution in [1.82, 2.24) is 14.8 Å². The quantitative estimate of drug-likeness (QED) is 0.688. The van der Waals surface area contributed by atoms with Crippen LogP contribution in [0.5, 0.6) is 5.75 Å². The normalized spacial score (nSPS) is 13.8. The summed E-state index contributed by atoms with van der Waals surface area (Å²) in [5.74, 6) is 0.760. The van der Waals surface area contributed by atoms with E-state index >= 15 is 0 Å². The first-order valence-corrected chi connectivity index (χ1v) is 9.30. The molecule has 3 aromatic rings. The largest absolute Gasteiger partial charge is 0.497 e. The SMILES string of the molecule is COc1cccc(-c2cc(C)c3c(n2)CN(c2cnn(C(C)(C)C)c2)C3=O)c1. The van der Waals surface area contributed by atoms with E-state index in [1.807, 2.05) is 48.1 Å². The lowest BCUT2D eigenvalue weighted by Crippen LogP contribution is -2.24. The van der Waals surface area contributed by atoms with Gasteiger partial charge in [0, 0.05) is 11.8 Å². The second-order valence-electron chi connectivity index (χ2n) is 8.08. The molecule has 144 valence electrons. The minimum Gasteiger partial charge on any atom is -0.497 e. The van der Waals surface area contributed by atoms with Crippen LogP contribution in [0.3, 0.4) is 0 Å². The zero-order valence-corrected chi connectivity index (χ0v) is 16.9. The van der Waals surface area contributed by atoms with Crippen LogP contribution in [0, 0.1) is 6.92 Å². The van der Waals surface area contributed by atoms with E-state index in [0.29, 0.717) is 12.1 Å². The van der Waals surface area contributed by atoms with Gasteiger partial charge in [-0.15, -0.1) is 0 Å². The Hall–Kier alpha value is -3.15. The van der Waals surface area contributed by atoms with Crippen molar-refractivity contribution in [2.45, 2.75) is 39.8 Å². The van der Waals surface area contributed by atoms with Crippen LogP contribution in [0.4, 0.5) is 5.69 Å². The molecule has 0 fully saturated rings. The van der Waals surface area contributed by atoms with E-state index in [2.05, 4.69) is 25.9 Å². The molecule has 0 bridgehead atoms. The van der Waals surface area contributed by atoms with Crippen LogP contribution in [0.15, 0.2) is 42.7 Å². The van der Waals surface area contributed by atoms with Gasteiger partial charge in [-0.3, -0.25) is 19.4 Å². The van der Waals surface area contributed by atoms with Gasteiger partial charge in [-0.1, -0.05) is 12.1 Å². The standard InChI is InChI=1S/C22H24N4O2/c1-14-9-18(15-7-6-8-17(10-15)28-5)24-19-13-25(21(27)20(14)19)16-11-23-26(12-16)22(2,3)4/h6-12H,13H2,1-5H3. The molecule has 1 aliphatic heterocycles. The summed E-state index contributed by atoms with van der Waals surface area (Å²) in [5.41, 5.74) is 4.88. The van der Waals surface area contributed by atoms with Crippen LogP contribution in [0.2, 0.25) is 0 Å². The molecule has 0 radical (unpaired) electrons. The van der Waals surface area contributed by atoms with Crippen molar-refractivity contribution in [3.05, 3.63) is 59.5 Å². The first-order chi connectivity index (χ1) is 13.3. The van der Waals surface area contributed by atoms with Crippen LogP contribution in [-0.4, -0.2) is 27.8 Å². The molecule has 0 saturated heterocycles. The third-order valence-corrected chi connectivity index (χ3v) is 4.99. The molecular formula is C22H24N4O2. The summed E-state index contributed by atoms with van der Waals surface area (Å²) in [6.45, 7) is 8.65. The van der Waals surface area contributed by atoms with E-state index in [9.17, 15) is 4.79 Å². The number of carbonyl (C=O) groups is 1. The number of aryl methyl sites for hydroxylation is 1. The Balaban J connectivity index is 1.71. The maximum Gasteiger partial charge on any atom is 0.260 e. The second-order valence-corrected chi connectivity index (χ2v) is 8.08. The number of carbonyl (C=O) groups excluding carboxylic acids is 1. The maximum absolute atomic E-state index is 13.1. The number of pyridine rings is 1. The Morgan fingerprint density at radius 1 is 1.18 bits per heavy atom. The Bertz CT molecular complexity index is 1060. The van der Waals surface area contributed by atoms with Gasteiger partial charge < -0.3 is 4.74 Å². The number of anilines is 1. The number of ether oxygens (including phenoxy) is 1. The number of nitrogens with zero attached hydrogens (tertiary/aromatic N) is 4. The molecule has 0 unspecified atom stereocenters. The average Bonchev–Trinajstić information content (AvgIpc) is 3.26. The maximum atomic E-state index is 13.1. The fourth-order valence-electron chi connectivity index (χ4n) is 3.46. The Kier molecular flexibility index (Phi) is 4.22. The summed E-state index contributed by atoms with van der Waals surface area (Å²) in [5, 5.41) is 4.42. The molecular weight excluding hydrogens is 352 g/mol. The number of hydrogen-bond donors (Lipinski definition) is 0. The minimum absolute atomic E-state index is 0.0225. The molecule has 0 N–H and O–H groups in total. The van der Waals surface area contributed by atoms with E-state index in [4.69, 9.17) is 9.72 Å². The van der Waals surface area contributed by atoms with Gasteiger partial charge in [0.05, 0.1) is 48.0 Å². The van der Waals surface area contributed by atoms with Crippen molar-refractivity contribution in [2.24, 2.45) is 0 Å². The van der Waals surface area contributed by atoms with Crippen LogP contribution in [-0.2, 0) is 12.1 Å². The highest BCUT2D eigenvalue weighted by molar-refractivity contribution is 6.10. The Morgan fingerprint density at radius 3 is 2.64 bits per heavy atom. The van der Waals surface area contributed by atoms with Crippen molar-refractivity contribution in [3.8, 4) is 17.0 Å². The highest BCUT2D eigenvalue weighted by Gasteiger charge is 2.33. The molecule has 0 spiro atoms. The molecule has 3 heterocycles. The summed E-state index contributed by atoms with van der Waals surface area (Å²) in [6, 6.07) is 9.76. The van der Waals surface area contributed by atoms with E-state index in [1.54, 1.807) is 18.2 Å². The van der Waals surface area contributed by atoms with Gasteiger partial charge in [-0.2, -0.15) is 5.10 Å². The molecule has 4 rings (SSSR count). The first kappa shape index (κ1) is 18.2. The van der Waals surface area contributed by atoms with Gasteiger partial charge in [0.2, 0.25) is 0 Å². The summed E-state index contributed by atoms with van der Waals surface area (Å²) < 4.78 is 7.20. The molecule has 0 aliphatic carbocycles. The molecule has 1 aliphatic rings. The third kappa shape index (κ3) is 3.05. The first-order valence-electron chi connectivity index (χ1n) is 9.30. The minimum atomic E-state index is -0.137.